The molecule has 0 heterocycles. The van der Waals surface area contributed by atoms with E-state index in [0.29, 0.717) is 0 Å². The Kier molecular flexibility index (Phi) is 69.5. The van der Waals surface area contributed by atoms with Gasteiger partial charge in [0.25, 0.3) is 0 Å². The Morgan fingerprint density at radius 2 is 0.719 bits per heavy atom. The summed E-state index contributed by atoms with van der Waals surface area (Å²) in [7, 11) is 0. The van der Waals surface area contributed by atoms with Gasteiger partial charge in [0.1, 0.15) is 0 Å². The van der Waals surface area contributed by atoms with Crippen molar-refractivity contribution in [2.45, 2.75) is 65.2 Å². The molecule has 4 rings (SSSR count). The van der Waals surface area contributed by atoms with Crippen molar-refractivity contribution in [3.63, 3.8) is 0 Å². The van der Waals surface area contributed by atoms with Crippen LogP contribution in [0.15, 0.2) is 72.9 Å². The summed E-state index contributed by atoms with van der Waals surface area (Å²) < 4.78 is 0. The molecular formula is C28H38Cl2Zr2-2. The van der Waals surface area contributed by atoms with Gasteiger partial charge in [0.15, 0.2) is 0 Å². The van der Waals surface area contributed by atoms with Crippen molar-refractivity contribution < 1.29 is 77.2 Å². The van der Waals surface area contributed by atoms with E-state index in [1.165, 1.54) is 12.8 Å². The van der Waals surface area contributed by atoms with Crippen molar-refractivity contribution in [3.8, 4) is 0 Å². The molecule has 4 aliphatic carbocycles. The molecule has 2 radical (unpaired) electrons. The van der Waals surface area contributed by atoms with E-state index in [4.69, 9.17) is 0 Å². The van der Waals surface area contributed by atoms with E-state index in [2.05, 4.69) is 76.3 Å². The van der Waals surface area contributed by atoms with Crippen LogP contribution in [0, 0.1) is 38.2 Å². The first-order valence-electron chi connectivity index (χ1n) is 10.3. The number of unbranched alkanes of at least 4 members (excludes halogenated alkanes) is 2. The van der Waals surface area contributed by atoms with E-state index in [1.807, 2.05) is 48.6 Å². The Hall–Kier alpha value is 0.266. The number of halogens is 2. The quantitative estimate of drug-likeness (QED) is 0.413. The zero-order valence-corrected chi connectivity index (χ0v) is 26.2. The van der Waals surface area contributed by atoms with E-state index in [1.54, 1.807) is 0 Å². The minimum atomic E-state index is 0. The fraction of sp³-hybridized carbons (Fsp3) is 0.357. The largest absolute Gasteiger partial charge is 3.00 e. The summed E-state index contributed by atoms with van der Waals surface area (Å²) in [4.78, 5) is 0. The fourth-order valence-corrected chi connectivity index (χ4v) is 1.36. The third-order valence-electron chi connectivity index (χ3n) is 3.05. The third kappa shape index (κ3) is 52.3. The van der Waals surface area contributed by atoms with Crippen LogP contribution >= 0.6 is 0 Å². The summed E-state index contributed by atoms with van der Waals surface area (Å²) in [6, 6.07) is 0. The second-order valence-electron chi connectivity index (χ2n) is 5.72. The molecule has 0 aliphatic heterocycles. The molecule has 32 heavy (non-hydrogen) atoms. The summed E-state index contributed by atoms with van der Waals surface area (Å²) in [5.74, 6) is 0. The van der Waals surface area contributed by atoms with E-state index in [-0.39, 0.29) is 77.2 Å². The molecule has 174 valence electrons. The molecule has 4 aliphatic rings. The van der Waals surface area contributed by atoms with Gasteiger partial charge >= 0.3 is 52.4 Å². The Morgan fingerprint density at radius 3 is 0.750 bits per heavy atom. The van der Waals surface area contributed by atoms with Crippen LogP contribution in [0.2, 0.25) is 0 Å². The molecule has 0 saturated heterocycles. The van der Waals surface area contributed by atoms with Crippen molar-refractivity contribution in [2.24, 2.45) is 0 Å². The molecule has 0 unspecified atom stereocenters. The molecule has 0 aromatic rings. The Balaban J connectivity index is -0.0000000621. The average Bonchev–Trinajstić information content (AvgIpc) is 3.58. The third-order valence-corrected chi connectivity index (χ3v) is 3.05. The van der Waals surface area contributed by atoms with Crippen LogP contribution in [0.3, 0.4) is 0 Å². The molecular weight excluding hydrogens is 590 g/mol. The SMILES string of the molecule is [C-]1=CC=CC1.[C-]1=CC=CC1.[C-]1=CC=CC1.[C-]1=CC=CC1.[CH2-]CCC.[CH2-]CCC.[Cl-].[Cl-].[Zr+3].[Zr+3]. The van der Waals surface area contributed by atoms with Gasteiger partial charge in [0.05, 0.1) is 0 Å². The van der Waals surface area contributed by atoms with Crippen molar-refractivity contribution in [2.75, 3.05) is 0 Å². The maximum atomic E-state index is 3.60. The van der Waals surface area contributed by atoms with Crippen molar-refractivity contribution in [3.05, 3.63) is 111 Å². The van der Waals surface area contributed by atoms with Gasteiger partial charge in [-0.15, -0.1) is 25.7 Å². The number of rotatable bonds is 2. The molecule has 0 spiro atoms. The summed E-state index contributed by atoms with van der Waals surface area (Å²) in [5, 5.41) is 0. The molecule has 0 saturated carbocycles. The Bertz CT molecular complexity index is 390. The second-order valence-corrected chi connectivity index (χ2v) is 5.72. The van der Waals surface area contributed by atoms with E-state index < -0.39 is 0 Å². The van der Waals surface area contributed by atoms with Gasteiger partial charge in [0, 0.05) is 0 Å². The maximum absolute atomic E-state index is 3.60. The van der Waals surface area contributed by atoms with Crippen LogP contribution in [0.25, 0.3) is 0 Å². The number of hydrogen-bond donors (Lipinski definition) is 0. The molecule has 0 fully saturated rings. The zero-order chi connectivity index (χ0) is 21.0. The molecule has 0 aromatic carbocycles. The van der Waals surface area contributed by atoms with Gasteiger partial charge in [-0.2, -0.15) is 37.1 Å². The smallest absolute Gasteiger partial charge is 1.00 e. The molecule has 0 bridgehead atoms. The number of allylic oxidation sites excluding steroid dienone is 16. The van der Waals surface area contributed by atoms with Crippen LogP contribution in [0.5, 0.6) is 0 Å². The monoisotopic (exact) mass is 624 g/mol. The van der Waals surface area contributed by atoms with Gasteiger partial charge in [-0.05, 0) is 0 Å². The van der Waals surface area contributed by atoms with Gasteiger partial charge in [0.2, 0.25) is 0 Å². The van der Waals surface area contributed by atoms with Crippen LogP contribution in [0.4, 0.5) is 0 Å². The molecule has 0 atom stereocenters. The zero-order valence-electron chi connectivity index (χ0n) is 19.8. The minimum absolute atomic E-state index is 0. The first-order valence-corrected chi connectivity index (χ1v) is 10.3. The molecule has 0 amide bonds. The standard InChI is InChI=1S/4C5H5.2C4H9.2ClH.2Zr/c4*1-2-4-5-3-1;2*1-3-4-2;;;;/h4*1-3H,4H2;2*1,3-4H2,2H3;2*1H;;/q6*-1;;;2*+3/p-2. The fourth-order valence-electron chi connectivity index (χ4n) is 1.36. The van der Waals surface area contributed by atoms with E-state index >= 15 is 0 Å². The first-order chi connectivity index (χ1) is 13.8. The summed E-state index contributed by atoms with van der Waals surface area (Å²) in [6.07, 6.45) is 44.6. The van der Waals surface area contributed by atoms with Crippen LogP contribution < -0.4 is 24.8 Å². The predicted molar refractivity (Wildman–Crippen MR) is 127 cm³/mol. The van der Waals surface area contributed by atoms with Crippen LogP contribution in [-0.2, 0) is 52.4 Å². The average molecular weight is 628 g/mol. The van der Waals surface area contributed by atoms with Gasteiger partial charge in [-0.3, -0.25) is 24.3 Å². The van der Waals surface area contributed by atoms with Crippen molar-refractivity contribution in [1.29, 1.82) is 0 Å². The summed E-state index contributed by atoms with van der Waals surface area (Å²) in [6.45, 7) is 11.4. The molecule has 0 aromatic heterocycles. The second kappa shape index (κ2) is 48.6. The van der Waals surface area contributed by atoms with Gasteiger partial charge < -0.3 is 38.7 Å². The summed E-state index contributed by atoms with van der Waals surface area (Å²) in [5.41, 5.74) is 0. The molecule has 4 heteroatoms. The summed E-state index contributed by atoms with van der Waals surface area (Å²) >= 11 is 0. The van der Waals surface area contributed by atoms with Crippen molar-refractivity contribution >= 4 is 0 Å². The van der Waals surface area contributed by atoms with Crippen LogP contribution in [0.1, 0.15) is 65.2 Å². The minimum Gasteiger partial charge on any atom is -1.00 e. The van der Waals surface area contributed by atoms with Crippen LogP contribution in [-0.4, -0.2) is 0 Å². The predicted octanol–water partition coefficient (Wildman–Crippen LogP) is 2.47. The molecule has 0 N–H and O–H groups in total. The molecule has 0 nitrogen and oxygen atoms in total. The first kappa shape index (κ1) is 45.7. The van der Waals surface area contributed by atoms with E-state index in [9.17, 15) is 0 Å². The van der Waals surface area contributed by atoms with Crippen molar-refractivity contribution in [1.82, 2.24) is 0 Å². The van der Waals surface area contributed by atoms with E-state index in [0.717, 1.165) is 38.5 Å². The van der Waals surface area contributed by atoms with Gasteiger partial charge in [-0.1, -0.05) is 26.7 Å². The Morgan fingerprint density at radius 1 is 0.531 bits per heavy atom. The normalized spacial score (nSPS) is 12.9. The Labute approximate surface area is 251 Å². The topological polar surface area (TPSA) is 0 Å². The number of hydrogen-bond acceptors (Lipinski definition) is 0. The maximum Gasteiger partial charge on any atom is 3.00 e. The van der Waals surface area contributed by atoms with Gasteiger partial charge in [-0.25, -0.2) is 48.6 Å².